The number of hydrogen-bond donors (Lipinski definition) is 1. The van der Waals surface area contributed by atoms with Crippen LogP contribution in [0.5, 0.6) is 0 Å². The molecule has 1 saturated heterocycles. The highest BCUT2D eigenvalue weighted by molar-refractivity contribution is 7.15. The summed E-state index contributed by atoms with van der Waals surface area (Å²) >= 11 is 1.05. The number of carboxylic acids is 1. The quantitative estimate of drug-likeness (QED) is 0.932. The van der Waals surface area contributed by atoms with Crippen molar-refractivity contribution in [3.63, 3.8) is 0 Å². The van der Waals surface area contributed by atoms with Gasteiger partial charge in [-0.15, -0.1) is 11.3 Å². The summed E-state index contributed by atoms with van der Waals surface area (Å²) in [5.74, 6) is -0.707. The van der Waals surface area contributed by atoms with E-state index in [1.165, 1.54) is 17.2 Å². The second-order valence-electron chi connectivity index (χ2n) is 6.06. The smallest absolute Gasteiger partial charge is 0.345 e. The molecule has 1 N–H and O–H groups in total. The van der Waals surface area contributed by atoms with Gasteiger partial charge in [-0.3, -0.25) is 4.79 Å². The molecule has 1 aromatic carbocycles. The Balaban J connectivity index is 1.79. The fourth-order valence-electron chi connectivity index (χ4n) is 3.29. The zero-order valence-corrected chi connectivity index (χ0v) is 14.0. The van der Waals surface area contributed by atoms with Crippen molar-refractivity contribution in [2.24, 2.45) is 0 Å². The molecule has 2 heterocycles. The number of aromatic carboxylic acids is 1. The van der Waals surface area contributed by atoms with Crippen LogP contribution >= 0.6 is 11.3 Å². The molecule has 2 aromatic rings. The van der Waals surface area contributed by atoms with Crippen molar-refractivity contribution in [3.05, 3.63) is 57.3 Å². The largest absolute Gasteiger partial charge is 0.477 e. The first-order valence-electron chi connectivity index (χ1n) is 7.67. The van der Waals surface area contributed by atoms with Gasteiger partial charge in [0, 0.05) is 18.5 Å². The Morgan fingerprint density at radius 3 is 2.52 bits per heavy atom. The number of amides is 1. The normalized spacial score (nSPS) is 20.7. The maximum Gasteiger partial charge on any atom is 0.345 e. The molecule has 1 aliphatic heterocycles. The Labute approximate surface area is 139 Å². The second kappa shape index (κ2) is 6.16. The predicted octanol–water partition coefficient (Wildman–Crippen LogP) is 3.77. The molecule has 120 valence electrons. The van der Waals surface area contributed by atoms with E-state index in [2.05, 4.69) is 26.0 Å². The Kier molecular flexibility index (Phi) is 4.22. The van der Waals surface area contributed by atoms with Gasteiger partial charge in [0.05, 0.1) is 4.88 Å². The fraction of sp³-hybridized carbons (Fsp3) is 0.333. The molecule has 2 atom stereocenters. The van der Waals surface area contributed by atoms with Crippen LogP contribution in [-0.2, 0) is 0 Å². The minimum Gasteiger partial charge on any atom is -0.477 e. The van der Waals surface area contributed by atoms with Gasteiger partial charge in [-0.25, -0.2) is 4.79 Å². The van der Waals surface area contributed by atoms with E-state index in [1.807, 2.05) is 17.0 Å². The third kappa shape index (κ3) is 3.01. The SMILES string of the molecule is Cc1ccccc1C1CC(C)N(C(=O)c2ccc(C(=O)O)s2)C1. The lowest BCUT2D eigenvalue weighted by Crippen LogP contribution is -2.33. The van der Waals surface area contributed by atoms with E-state index in [1.54, 1.807) is 6.07 Å². The van der Waals surface area contributed by atoms with Crippen LogP contribution in [0.1, 0.15) is 49.7 Å². The minimum atomic E-state index is -0.985. The van der Waals surface area contributed by atoms with E-state index in [0.717, 1.165) is 17.8 Å². The van der Waals surface area contributed by atoms with Gasteiger partial charge in [-0.1, -0.05) is 24.3 Å². The Bertz CT molecular complexity index is 752. The van der Waals surface area contributed by atoms with Gasteiger partial charge in [0.2, 0.25) is 0 Å². The lowest BCUT2D eigenvalue weighted by molar-refractivity contribution is 0.0701. The van der Waals surface area contributed by atoms with E-state index >= 15 is 0 Å². The Morgan fingerprint density at radius 2 is 1.87 bits per heavy atom. The van der Waals surface area contributed by atoms with E-state index < -0.39 is 5.97 Å². The van der Waals surface area contributed by atoms with Crippen molar-refractivity contribution in [2.45, 2.75) is 32.2 Å². The number of carbonyl (C=O) groups excluding carboxylic acids is 1. The van der Waals surface area contributed by atoms with E-state index in [0.29, 0.717) is 17.3 Å². The zero-order valence-electron chi connectivity index (χ0n) is 13.2. The highest BCUT2D eigenvalue weighted by Gasteiger charge is 2.34. The summed E-state index contributed by atoms with van der Waals surface area (Å²) in [6, 6.07) is 11.6. The van der Waals surface area contributed by atoms with Crippen molar-refractivity contribution in [3.8, 4) is 0 Å². The van der Waals surface area contributed by atoms with Crippen molar-refractivity contribution in [1.82, 2.24) is 4.90 Å². The van der Waals surface area contributed by atoms with E-state index in [-0.39, 0.29) is 16.8 Å². The molecule has 5 heteroatoms. The molecule has 0 radical (unpaired) electrons. The topological polar surface area (TPSA) is 57.6 Å². The van der Waals surface area contributed by atoms with Gasteiger partial charge in [0.25, 0.3) is 5.91 Å². The van der Waals surface area contributed by atoms with Gasteiger partial charge in [0.15, 0.2) is 0 Å². The van der Waals surface area contributed by atoms with Gasteiger partial charge >= 0.3 is 5.97 Å². The molecule has 2 unspecified atom stereocenters. The Morgan fingerprint density at radius 1 is 1.17 bits per heavy atom. The van der Waals surface area contributed by atoms with Crippen LogP contribution in [-0.4, -0.2) is 34.5 Å². The van der Waals surface area contributed by atoms with Crippen molar-refractivity contribution in [2.75, 3.05) is 6.54 Å². The second-order valence-corrected chi connectivity index (χ2v) is 7.15. The number of rotatable bonds is 3. The van der Waals surface area contributed by atoms with Crippen molar-refractivity contribution >= 4 is 23.2 Å². The number of carboxylic acid groups (broad SMARTS) is 1. The molecule has 23 heavy (non-hydrogen) atoms. The average molecular weight is 329 g/mol. The van der Waals surface area contributed by atoms with Crippen LogP contribution in [0.4, 0.5) is 0 Å². The van der Waals surface area contributed by atoms with Crippen molar-refractivity contribution in [1.29, 1.82) is 0 Å². The molecule has 0 aliphatic carbocycles. The molecular formula is C18H19NO3S. The van der Waals surface area contributed by atoms with Crippen molar-refractivity contribution < 1.29 is 14.7 Å². The number of likely N-dealkylation sites (tertiary alicyclic amines) is 1. The van der Waals surface area contributed by atoms with Crippen LogP contribution in [0.25, 0.3) is 0 Å². The predicted molar refractivity (Wildman–Crippen MR) is 90.3 cm³/mol. The maximum atomic E-state index is 12.7. The summed E-state index contributed by atoms with van der Waals surface area (Å²) < 4.78 is 0. The maximum absolute atomic E-state index is 12.7. The number of carbonyl (C=O) groups is 2. The fourth-order valence-corrected chi connectivity index (χ4v) is 4.09. The lowest BCUT2D eigenvalue weighted by atomic mass is 9.93. The summed E-state index contributed by atoms with van der Waals surface area (Å²) in [7, 11) is 0. The van der Waals surface area contributed by atoms with Crippen LogP contribution in [0, 0.1) is 6.92 Å². The summed E-state index contributed by atoms with van der Waals surface area (Å²) in [4.78, 5) is 26.3. The average Bonchev–Trinajstić information content (AvgIpc) is 3.14. The molecular weight excluding hydrogens is 310 g/mol. The first kappa shape index (κ1) is 15.7. The van der Waals surface area contributed by atoms with Crippen LogP contribution in [0.3, 0.4) is 0 Å². The third-order valence-corrected chi connectivity index (χ3v) is 5.55. The molecule has 3 rings (SSSR count). The summed E-state index contributed by atoms with van der Waals surface area (Å²) in [5, 5.41) is 9.00. The monoisotopic (exact) mass is 329 g/mol. The first-order valence-corrected chi connectivity index (χ1v) is 8.48. The molecule has 1 fully saturated rings. The number of thiophene rings is 1. The molecule has 0 saturated carbocycles. The number of nitrogens with zero attached hydrogens (tertiary/aromatic N) is 1. The van der Waals surface area contributed by atoms with Gasteiger partial charge in [0.1, 0.15) is 4.88 Å². The highest BCUT2D eigenvalue weighted by Crippen LogP contribution is 2.34. The van der Waals surface area contributed by atoms with E-state index in [4.69, 9.17) is 5.11 Å². The summed E-state index contributed by atoms with van der Waals surface area (Å²) in [5.41, 5.74) is 2.55. The molecule has 4 nitrogen and oxygen atoms in total. The minimum absolute atomic E-state index is 0.0638. The highest BCUT2D eigenvalue weighted by atomic mass is 32.1. The van der Waals surface area contributed by atoms with Gasteiger partial charge in [-0.05, 0) is 43.5 Å². The van der Waals surface area contributed by atoms with E-state index in [9.17, 15) is 9.59 Å². The number of benzene rings is 1. The molecule has 0 bridgehead atoms. The molecule has 0 spiro atoms. The lowest BCUT2D eigenvalue weighted by Gasteiger charge is -2.20. The van der Waals surface area contributed by atoms with Crippen LogP contribution < -0.4 is 0 Å². The zero-order chi connectivity index (χ0) is 16.6. The number of hydrogen-bond acceptors (Lipinski definition) is 3. The van der Waals surface area contributed by atoms with Gasteiger partial charge in [-0.2, -0.15) is 0 Å². The molecule has 1 aliphatic rings. The summed E-state index contributed by atoms with van der Waals surface area (Å²) in [6.07, 6.45) is 0.938. The van der Waals surface area contributed by atoms with Gasteiger partial charge < -0.3 is 10.0 Å². The molecule has 1 aromatic heterocycles. The summed E-state index contributed by atoms with van der Waals surface area (Å²) in [6.45, 7) is 4.84. The third-order valence-electron chi connectivity index (χ3n) is 4.49. The van der Waals surface area contributed by atoms with Crippen LogP contribution in [0.2, 0.25) is 0 Å². The Hall–Kier alpha value is -2.14. The standard InChI is InChI=1S/C18H19NO3S/c1-11-5-3-4-6-14(11)13-9-12(2)19(10-13)17(20)15-7-8-16(23-15)18(21)22/h3-8,12-13H,9-10H2,1-2H3,(H,21,22). The number of aryl methyl sites for hydroxylation is 1. The van der Waals surface area contributed by atoms with Crippen LogP contribution in [0.15, 0.2) is 36.4 Å². The first-order chi connectivity index (χ1) is 11.0. The molecule has 1 amide bonds.